The molecule has 0 aliphatic heterocycles. The Morgan fingerprint density at radius 1 is 1.06 bits per heavy atom. The summed E-state index contributed by atoms with van der Waals surface area (Å²) in [5.74, 6) is 0.610. The van der Waals surface area contributed by atoms with E-state index in [0.29, 0.717) is 29.3 Å². The first kappa shape index (κ1) is 26.1. The first-order valence-corrected chi connectivity index (χ1v) is 12.7. The third-order valence-electron chi connectivity index (χ3n) is 6.57. The van der Waals surface area contributed by atoms with Gasteiger partial charge in [0.25, 0.3) is 5.91 Å². The van der Waals surface area contributed by atoms with Crippen LogP contribution in [-0.4, -0.2) is 24.5 Å². The van der Waals surface area contributed by atoms with Crippen LogP contribution in [0, 0.1) is 19.3 Å². The van der Waals surface area contributed by atoms with Gasteiger partial charge in [0.15, 0.2) is 0 Å². The highest BCUT2D eigenvalue weighted by Gasteiger charge is 2.28. The van der Waals surface area contributed by atoms with Gasteiger partial charge in [0.2, 0.25) is 5.91 Å². The monoisotopic (exact) mass is 484 g/mol. The minimum Gasteiger partial charge on any atom is -0.493 e. The Bertz CT molecular complexity index is 1010. The third kappa shape index (κ3) is 7.23. The second-order valence-corrected chi connectivity index (χ2v) is 10.5. The molecule has 1 aliphatic rings. The highest BCUT2D eigenvalue weighted by Crippen LogP contribution is 2.28. The number of benzene rings is 2. The van der Waals surface area contributed by atoms with Crippen LogP contribution in [0.1, 0.15) is 80.3 Å². The molecular weight excluding hydrogens is 448 g/mol. The zero-order valence-corrected chi connectivity index (χ0v) is 21.6. The van der Waals surface area contributed by atoms with Crippen LogP contribution < -0.4 is 15.4 Å². The lowest BCUT2D eigenvalue weighted by atomic mass is 9.87. The van der Waals surface area contributed by atoms with Crippen LogP contribution >= 0.6 is 11.6 Å². The SMILES string of the molecule is Cc1ccc(C)c(OCCCC(C)(C)C(=O)Nc2ccc(Cl)c(C(=O)NC3CCCCC3)c2)c1. The Morgan fingerprint density at radius 3 is 2.53 bits per heavy atom. The van der Waals surface area contributed by atoms with Crippen molar-refractivity contribution >= 4 is 29.1 Å². The molecule has 34 heavy (non-hydrogen) atoms. The molecule has 3 rings (SSSR count). The lowest BCUT2D eigenvalue weighted by Crippen LogP contribution is -2.36. The van der Waals surface area contributed by atoms with Crippen molar-refractivity contribution in [1.29, 1.82) is 0 Å². The van der Waals surface area contributed by atoms with Crippen molar-refractivity contribution in [2.45, 2.75) is 78.7 Å². The quantitative estimate of drug-likeness (QED) is 0.383. The summed E-state index contributed by atoms with van der Waals surface area (Å²) in [6.45, 7) is 8.47. The van der Waals surface area contributed by atoms with Gasteiger partial charge in [-0.2, -0.15) is 0 Å². The number of amides is 2. The van der Waals surface area contributed by atoms with E-state index in [1.54, 1.807) is 18.2 Å². The maximum absolute atomic E-state index is 13.0. The summed E-state index contributed by atoms with van der Waals surface area (Å²) >= 11 is 6.30. The standard InChI is InChI=1S/C28H37ClN2O3/c1-19-11-12-20(2)25(17-19)34-16-8-15-28(3,4)27(33)31-22-13-14-24(29)23(18-22)26(32)30-21-9-6-5-7-10-21/h11-14,17-18,21H,5-10,15-16H2,1-4H3,(H,30,32)(H,31,33). The van der Waals surface area contributed by atoms with E-state index < -0.39 is 5.41 Å². The number of hydrogen-bond acceptors (Lipinski definition) is 3. The molecular formula is C28H37ClN2O3. The molecule has 1 fully saturated rings. The molecule has 0 aromatic heterocycles. The Labute approximate surface area is 208 Å². The molecule has 0 radical (unpaired) electrons. The van der Waals surface area contributed by atoms with Crippen LogP contribution in [0.4, 0.5) is 5.69 Å². The zero-order valence-electron chi connectivity index (χ0n) is 20.8. The Balaban J connectivity index is 1.54. The molecule has 0 spiro atoms. The average Bonchev–Trinajstić information content (AvgIpc) is 2.80. The number of carbonyl (C=O) groups is 2. The average molecular weight is 485 g/mol. The van der Waals surface area contributed by atoms with Gasteiger partial charge in [0.05, 0.1) is 17.2 Å². The van der Waals surface area contributed by atoms with E-state index >= 15 is 0 Å². The number of ether oxygens (including phenoxy) is 1. The van der Waals surface area contributed by atoms with E-state index in [4.69, 9.17) is 16.3 Å². The van der Waals surface area contributed by atoms with Crippen LogP contribution in [0.2, 0.25) is 5.02 Å². The molecule has 0 unspecified atom stereocenters. The van der Waals surface area contributed by atoms with Gasteiger partial charge in [0.1, 0.15) is 5.75 Å². The second-order valence-electron chi connectivity index (χ2n) is 10.1. The first-order chi connectivity index (χ1) is 16.2. The summed E-state index contributed by atoms with van der Waals surface area (Å²) in [6.07, 6.45) is 6.93. The Kier molecular flexibility index (Phi) is 9.01. The van der Waals surface area contributed by atoms with E-state index in [-0.39, 0.29) is 17.9 Å². The zero-order chi connectivity index (χ0) is 24.7. The molecule has 0 atom stereocenters. The molecule has 1 aliphatic carbocycles. The van der Waals surface area contributed by atoms with E-state index in [9.17, 15) is 9.59 Å². The lowest BCUT2D eigenvalue weighted by Gasteiger charge is -2.24. The largest absolute Gasteiger partial charge is 0.493 e. The van der Waals surface area contributed by atoms with Crippen molar-refractivity contribution in [2.24, 2.45) is 5.41 Å². The molecule has 5 nitrogen and oxygen atoms in total. The van der Waals surface area contributed by atoms with Crippen molar-refractivity contribution in [2.75, 3.05) is 11.9 Å². The number of halogens is 1. The fraction of sp³-hybridized carbons (Fsp3) is 0.500. The van der Waals surface area contributed by atoms with E-state index in [2.05, 4.69) is 22.8 Å². The normalized spacial score (nSPS) is 14.5. The molecule has 2 aromatic carbocycles. The molecule has 2 N–H and O–H groups in total. The van der Waals surface area contributed by atoms with Crippen LogP contribution in [0.3, 0.4) is 0 Å². The topological polar surface area (TPSA) is 67.4 Å². The van der Waals surface area contributed by atoms with Crippen molar-refractivity contribution in [3.63, 3.8) is 0 Å². The summed E-state index contributed by atoms with van der Waals surface area (Å²) in [5.41, 5.74) is 2.64. The molecule has 0 saturated heterocycles. The number of nitrogens with one attached hydrogen (secondary N) is 2. The van der Waals surface area contributed by atoms with Gasteiger partial charge in [-0.1, -0.05) is 56.8 Å². The summed E-state index contributed by atoms with van der Waals surface area (Å²) in [6, 6.07) is 11.4. The Hall–Kier alpha value is -2.53. The number of anilines is 1. The van der Waals surface area contributed by atoms with E-state index in [1.165, 1.54) is 6.42 Å². The fourth-order valence-electron chi connectivity index (χ4n) is 4.26. The Morgan fingerprint density at radius 2 is 1.79 bits per heavy atom. The maximum Gasteiger partial charge on any atom is 0.253 e. The predicted octanol–water partition coefficient (Wildman–Crippen LogP) is 6.84. The maximum atomic E-state index is 13.0. The van der Waals surface area contributed by atoms with E-state index in [0.717, 1.165) is 49.0 Å². The van der Waals surface area contributed by atoms with Gasteiger partial charge >= 0.3 is 0 Å². The van der Waals surface area contributed by atoms with Gasteiger partial charge in [-0.05, 0) is 74.9 Å². The number of carbonyl (C=O) groups excluding carboxylic acids is 2. The highest BCUT2D eigenvalue weighted by atomic mass is 35.5. The highest BCUT2D eigenvalue weighted by molar-refractivity contribution is 6.34. The van der Waals surface area contributed by atoms with Gasteiger partial charge in [-0.15, -0.1) is 0 Å². The fourth-order valence-corrected chi connectivity index (χ4v) is 4.46. The number of aryl methyl sites for hydroxylation is 2. The summed E-state index contributed by atoms with van der Waals surface area (Å²) < 4.78 is 5.94. The predicted molar refractivity (Wildman–Crippen MR) is 139 cm³/mol. The molecule has 6 heteroatoms. The van der Waals surface area contributed by atoms with Crippen LogP contribution in [0.25, 0.3) is 0 Å². The minimum atomic E-state index is -0.588. The summed E-state index contributed by atoms with van der Waals surface area (Å²) in [7, 11) is 0. The van der Waals surface area contributed by atoms with Crippen molar-refractivity contribution < 1.29 is 14.3 Å². The first-order valence-electron chi connectivity index (χ1n) is 12.3. The van der Waals surface area contributed by atoms with Crippen molar-refractivity contribution in [3.05, 3.63) is 58.1 Å². The molecule has 0 heterocycles. The van der Waals surface area contributed by atoms with Crippen LogP contribution in [0.15, 0.2) is 36.4 Å². The van der Waals surface area contributed by atoms with Gasteiger partial charge in [-0.3, -0.25) is 9.59 Å². The molecule has 0 bridgehead atoms. The number of hydrogen-bond donors (Lipinski definition) is 2. The lowest BCUT2D eigenvalue weighted by molar-refractivity contribution is -0.124. The number of rotatable bonds is 9. The molecule has 1 saturated carbocycles. The van der Waals surface area contributed by atoms with Gasteiger partial charge in [0, 0.05) is 17.1 Å². The van der Waals surface area contributed by atoms with E-state index in [1.807, 2.05) is 33.8 Å². The second kappa shape index (κ2) is 11.7. The molecule has 2 amide bonds. The van der Waals surface area contributed by atoms with Crippen LogP contribution in [-0.2, 0) is 4.79 Å². The third-order valence-corrected chi connectivity index (χ3v) is 6.90. The van der Waals surface area contributed by atoms with Crippen molar-refractivity contribution in [3.8, 4) is 5.75 Å². The molecule has 184 valence electrons. The van der Waals surface area contributed by atoms with Gasteiger partial charge < -0.3 is 15.4 Å². The minimum absolute atomic E-state index is 0.0970. The summed E-state index contributed by atoms with van der Waals surface area (Å²) in [5, 5.41) is 6.44. The van der Waals surface area contributed by atoms with Crippen molar-refractivity contribution in [1.82, 2.24) is 5.32 Å². The molecule has 2 aromatic rings. The van der Waals surface area contributed by atoms with Crippen LogP contribution in [0.5, 0.6) is 5.75 Å². The smallest absolute Gasteiger partial charge is 0.253 e. The summed E-state index contributed by atoms with van der Waals surface area (Å²) in [4.78, 5) is 25.8. The van der Waals surface area contributed by atoms with Gasteiger partial charge in [-0.25, -0.2) is 0 Å².